The molecule has 19 nitrogen and oxygen atoms in total. The van der Waals surface area contributed by atoms with Crippen molar-refractivity contribution in [2.45, 2.75) is 19.6 Å². The second kappa shape index (κ2) is 15.2. The van der Waals surface area contributed by atoms with Crippen LogP contribution < -0.4 is 21.3 Å². The summed E-state index contributed by atoms with van der Waals surface area (Å²) in [6.07, 6.45) is 0. The van der Waals surface area contributed by atoms with E-state index in [0.717, 1.165) is 48.5 Å². The average Bonchev–Trinajstić information content (AvgIpc) is 3.12. The maximum Gasteiger partial charge on any atom is 0.323 e. The summed E-state index contributed by atoms with van der Waals surface area (Å²) in [5.41, 5.74) is -0.572. The summed E-state index contributed by atoms with van der Waals surface area (Å²) in [7, 11) is -19.7. The highest BCUT2D eigenvalue weighted by Crippen LogP contribution is 2.34. The third-order valence-corrected chi connectivity index (χ3v) is 11.8. The van der Waals surface area contributed by atoms with Crippen LogP contribution in [0, 0.1) is 0 Å². The molecular weight excluding hydrogens is 845 g/mol. The summed E-state index contributed by atoms with van der Waals surface area (Å²) in [6, 6.07) is 20.4. The number of carbonyl (C=O) groups is 3. The van der Waals surface area contributed by atoms with Crippen LogP contribution in [0.4, 0.5) is 27.5 Å². The smallest absolute Gasteiger partial charge is 0.322 e. The van der Waals surface area contributed by atoms with Gasteiger partial charge in [-0.05, 0) is 72.8 Å². The van der Waals surface area contributed by atoms with Crippen molar-refractivity contribution in [3.8, 4) is 0 Å². The number of anilines is 4. The van der Waals surface area contributed by atoms with Crippen molar-refractivity contribution in [1.29, 1.82) is 0 Å². The van der Waals surface area contributed by atoms with Crippen molar-refractivity contribution in [2.75, 3.05) is 21.3 Å². The molecule has 0 unspecified atom stereocenters. The number of carbonyl (C=O) groups excluding carboxylic acids is 3. The summed E-state index contributed by atoms with van der Waals surface area (Å²) in [4.78, 5) is 36.5. The first-order chi connectivity index (χ1) is 27.0. The predicted molar refractivity (Wildman–Crippen MR) is 209 cm³/mol. The number of nitrogens with one attached hydrogen (secondary N) is 4. The molecule has 0 radical (unpaired) electrons. The average molecular weight is 871 g/mol. The minimum absolute atomic E-state index is 0.0695. The zero-order chi connectivity index (χ0) is 42.4. The highest BCUT2D eigenvalue weighted by Gasteiger charge is 2.24. The Labute approximate surface area is 328 Å². The van der Waals surface area contributed by atoms with Gasteiger partial charge in [-0.3, -0.25) is 27.8 Å². The molecular formula is C35H26N4O15S4. The summed E-state index contributed by atoms with van der Waals surface area (Å²) >= 11 is 0. The van der Waals surface area contributed by atoms with Gasteiger partial charge in [0.15, 0.2) is 0 Å². The molecule has 6 aromatic carbocycles. The van der Waals surface area contributed by atoms with Crippen LogP contribution in [0.2, 0.25) is 0 Å². The number of hydrogen-bond donors (Lipinski definition) is 8. The number of benzene rings is 6. The second-order valence-electron chi connectivity index (χ2n) is 12.2. The van der Waals surface area contributed by atoms with Crippen LogP contribution >= 0.6 is 0 Å². The van der Waals surface area contributed by atoms with Crippen molar-refractivity contribution in [2.24, 2.45) is 0 Å². The van der Waals surface area contributed by atoms with Crippen LogP contribution in [0.3, 0.4) is 0 Å². The van der Waals surface area contributed by atoms with E-state index in [2.05, 4.69) is 21.3 Å². The molecule has 0 saturated heterocycles. The van der Waals surface area contributed by atoms with Gasteiger partial charge in [0.2, 0.25) is 0 Å². The Morgan fingerprint density at radius 1 is 0.362 bits per heavy atom. The maximum absolute atomic E-state index is 13.2. The Morgan fingerprint density at radius 2 is 0.707 bits per heavy atom. The number of rotatable bonds is 10. The van der Waals surface area contributed by atoms with Crippen molar-refractivity contribution in [1.82, 2.24) is 0 Å². The first kappa shape index (κ1) is 41.3. The fourth-order valence-electron chi connectivity index (χ4n) is 5.85. The van der Waals surface area contributed by atoms with Crippen molar-refractivity contribution in [3.63, 3.8) is 0 Å². The molecule has 6 rings (SSSR count). The molecule has 23 heteroatoms. The molecule has 300 valence electrons. The SMILES string of the molecule is O=C(Nc1cccc(C(=O)Nc2cc(S(=O)(=O)O)c3cccc(S(=O)(=O)O)c3c2)c1)Nc1cccc(C(=O)Nc2cc(S(=O)(=O)O)c3cccc(S(=O)(=O)O)c3c2)c1. The fraction of sp³-hybridized carbons (Fsp3) is 0. The fourth-order valence-corrected chi connectivity index (χ4v) is 8.70. The van der Waals surface area contributed by atoms with Gasteiger partial charge >= 0.3 is 6.03 Å². The van der Waals surface area contributed by atoms with Crippen molar-refractivity contribution < 1.29 is 66.3 Å². The number of urea groups is 1. The molecule has 4 amide bonds. The summed E-state index contributed by atoms with van der Waals surface area (Å²) < 4.78 is 136. The van der Waals surface area contributed by atoms with Crippen molar-refractivity contribution in [3.05, 3.63) is 120 Å². The summed E-state index contributed by atoms with van der Waals surface area (Å²) in [6.45, 7) is 0. The van der Waals surface area contributed by atoms with E-state index in [1.165, 1.54) is 60.7 Å². The Kier molecular flexibility index (Phi) is 10.8. The van der Waals surface area contributed by atoms with Gasteiger partial charge in [0.05, 0.1) is 0 Å². The molecule has 0 aliphatic carbocycles. The molecule has 0 aromatic heterocycles. The highest BCUT2D eigenvalue weighted by molar-refractivity contribution is 7.87. The van der Waals surface area contributed by atoms with E-state index >= 15 is 0 Å². The zero-order valence-electron chi connectivity index (χ0n) is 28.8. The lowest BCUT2D eigenvalue weighted by molar-refractivity contribution is 0.101. The van der Waals surface area contributed by atoms with Gasteiger partial charge < -0.3 is 21.3 Å². The van der Waals surface area contributed by atoms with Crippen LogP contribution in [0.5, 0.6) is 0 Å². The quantitative estimate of drug-likeness (QED) is 0.0828. The molecule has 6 aromatic rings. The van der Waals surface area contributed by atoms with Gasteiger partial charge in [-0.2, -0.15) is 33.7 Å². The van der Waals surface area contributed by atoms with Crippen LogP contribution in [0.25, 0.3) is 21.5 Å². The minimum Gasteiger partial charge on any atom is -0.322 e. The van der Waals surface area contributed by atoms with E-state index in [1.807, 2.05) is 0 Å². The third kappa shape index (κ3) is 9.11. The van der Waals surface area contributed by atoms with Gasteiger partial charge in [0.1, 0.15) is 19.6 Å². The first-order valence-corrected chi connectivity index (χ1v) is 21.7. The molecule has 0 aliphatic rings. The van der Waals surface area contributed by atoms with Crippen LogP contribution in [0.15, 0.2) is 129 Å². The molecule has 8 N–H and O–H groups in total. The Morgan fingerprint density at radius 3 is 1.05 bits per heavy atom. The van der Waals surface area contributed by atoms with Gasteiger partial charge in [-0.25, -0.2) is 4.79 Å². The lowest BCUT2D eigenvalue weighted by atomic mass is 10.1. The van der Waals surface area contributed by atoms with Gasteiger partial charge in [0, 0.05) is 55.4 Å². The molecule has 0 heterocycles. The molecule has 0 saturated carbocycles. The standard InChI is InChI=1S/C35H26N4O15S4/c40-33(36-23-15-27-25(31(17-23)57(49,50)51)9-3-11-29(27)55(43,44)45)19-5-1-7-21(13-19)38-35(42)39-22-8-2-6-20(14-22)34(41)37-24-16-28-26(32(18-24)58(52,53)54)10-4-12-30(28)56(46,47)48/h1-18H,(H,36,40)(H,37,41)(H2,38,39,42)(H,43,44,45)(H,46,47,48)(H,49,50,51)(H,52,53,54). The maximum atomic E-state index is 13.2. The van der Waals surface area contributed by atoms with Gasteiger partial charge in [-0.15, -0.1) is 0 Å². The molecule has 0 fully saturated rings. The normalized spacial score (nSPS) is 12.2. The van der Waals surface area contributed by atoms with E-state index in [4.69, 9.17) is 0 Å². The number of fused-ring (bicyclic) bond motifs is 2. The predicted octanol–water partition coefficient (Wildman–Crippen LogP) is 5.13. The van der Waals surface area contributed by atoms with Gasteiger partial charge in [0.25, 0.3) is 52.3 Å². The monoisotopic (exact) mass is 870 g/mol. The van der Waals surface area contributed by atoms with Crippen LogP contribution in [-0.2, 0) is 40.5 Å². The van der Waals surface area contributed by atoms with Crippen molar-refractivity contribution >= 4 is 103 Å². The molecule has 0 bridgehead atoms. The largest absolute Gasteiger partial charge is 0.323 e. The van der Waals surface area contributed by atoms with Gasteiger partial charge in [-0.1, -0.05) is 36.4 Å². The molecule has 0 aliphatic heterocycles. The first-order valence-electron chi connectivity index (χ1n) is 15.9. The highest BCUT2D eigenvalue weighted by atomic mass is 32.2. The lowest BCUT2D eigenvalue weighted by Crippen LogP contribution is -2.20. The van der Waals surface area contributed by atoms with E-state index in [9.17, 15) is 66.3 Å². The van der Waals surface area contributed by atoms with E-state index in [-0.39, 0.29) is 55.4 Å². The lowest BCUT2D eigenvalue weighted by Gasteiger charge is -2.13. The van der Waals surface area contributed by atoms with E-state index in [1.54, 1.807) is 0 Å². The van der Waals surface area contributed by atoms with E-state index in [0.29, 0.717) is 0 Å². The summed E-state index contributed by atoms with van der Waals surface area (Å²) in [5, 5.41) is 8.59. The second-order valence-corrected chi connectivity index (χ2v) is 17.8. The third-order valence-electron chi connectivity index (χ3n) is 8.23. The Balaban J connectivity index is 1.19. The van der Waals surface area contributed by atoms with Crippen LogP contribution in [0.1, 0.15) is 20.7 Å². The van der Waals surface area contributed by atoms with Crippen LogP contribution in [-0.4, -0.2) is 69.7 Å². The number of amides is 4. The Hall–Kier alpha value is -6.31. The summed E-state index contributed by atoms with van der Waals surface area (Å²) in [5.74, 6) is -1.73. The molecule has 58 heavy (non-hydrogen) atoms. The minimum atomic E-state index is -4.96. The zero-order valence-corrected chi connectivity index (χ0v) is 32.1. The number of hydrogen-bond acceptors (Lipinski definition) is 11. The molecule has 0 atom stereocenters. The topological polar surface area (TPSA) is 317 Å². The van der Waals surface area contributed by atoms with E-state index < -0.39 is 77.9 Å². The Bertz CT molecular complexity index is 2980. The molecule has 0 spiro atoms.